The van der Waals surface area contributed by atoms with Crippen LogP contribution in [-0.4, -0.2) is 41.6 Å². The molecule has 0 atom stereocenters. The zero-order valence-corrected chi connectivity index (χ0v) is 13.2. The fraction of sp³-hybridized carbons (Fsp3) is 0.400. The Kier molecular flexibility index (Phi) is 3.57. The minimum Gasteiger partial charge on any atom is -0.338 e. The van der Waals surface area contributed by atoms with Crippen molar-refractivity contribution in [1.82, 2.24) is 4.90 Å². The summed E-state index contributed by atoms with van der Waals surface area (Å²) in [6.45, 7) is 2.49. The summed E-state index contributed by atoms with van der Waals surface area (Å²) in [5.74, 6) is -1.27. The molecule has 2 aliphatic rings. The van der Waals surface area contributed by atoms with E-state index in [0.29, 0.717) is 23.8 Å². The molecule has 3 rings (SSSR count). The van der Waals surface area contributed by atoms with Gasteiger partial charge in [-0.15, -0.1) is 0 Å². The summed E-state index contributed by atoms with van der Waals surface area (Å²) in [7, 11) is 0. The minimum absolute atomic E-state index is 0.0711. The monoisotopic (exact) mass is 350 g/mol. The number of benzene rings is 1. The topological polar surface area (TPSA) is 57.7 Å². The predicted octanol–water partition coefficient (Wildman–Crippen LogP) is 1.99. The van der Waals surface area contributed by atoms with Gasteiger partial charge in [-0.05, 0) is 38.0 Å². The first-order valence-electron chi connectivity index (χ1n) is 6.98. The summed E-state index contributed by atoms with van der Waals surface area (Å²) >= 11 is 3.33. The van der Waals surface area contributed by atoms with Crippen LogP contribution in [0.1, 0.15) is 30.1 Å². The number of nitrogens with zero attached hydrogens (tertiary/aromatic N) is 2. The van der Waals surface area contributed by atoms with E-state index in [0.717, 1.165) is 17.3 Å². The van der Waals surface area contributed by atoms with Crippen molar-refractivity contribution in [1.29, 1.82) is 0 Å². The van der Waals surface area contributed by atoms with E-state index >= 15 is 0 Å². The summed E-state index contributed by atoms with van der Waals surface area (Å²) in [6.07, 6.45) is 2.04. The van der Waals surface area contributed by atoms with Crippen molar-refractivity contribution in [3.63, 3.8) is 0 Å². The van der Waals surface area contributed by atoms with Crippen molar-refractivity contribution in [2.75, 3.05) is 18.0 Å². The van der Waals surface area contributed by atoms with Crippen molar-refractivity contribution in [2.24, 2.45) is 0 Å². The third kappa shape index (κ3) is 2.48. The maximum atomic E-state index is 12.4. The molecule has 1 aromatic rings. The molecule has 0 unspecified atom stereocenters. The van der Waals surface area contributed by atoms with Gasteiger partial charge in [0.2, 0.25) is 5.91 Å². The quantitative estimate of drug-likeness (QED) is 0.780. The van der Waals surface area contributed by atoms with Crippen LogP contribution in [0.4, 0.5) is 5.69 Å². The molecule has 0 N–H and O–H groups in total. The highest BCUT2D eigenvalue weighted by Gasteiger charge is 2.39. The van der Waals surface area contributed by atoms with E-state index in [9.17, 15) is 14.4 Å². The Morgan fingerprint density at radius 3 is 2.71 bits per heavy atom. The number of ketones is 1. The fourth-order valence-corrected chi connectivity index (χ4v) is 3.02. The SMILES string of the molecule is CCN(C(=O)CN1C(=O)C(=O)c2ccc(Br)cc21)C1CC1. The molecule has 6 heteroatoms. The molecule has 1 aliphatic carbocycles. The molecule has 0 radical (unpaired) electrons. The maximum absolute atomic E-state index is 12.4. The van der Waals surface area contributed by atoms with Gasteiger partial charge < -0.3 is 4.90 Å². The van der Waals surface area contributed by atoms with Gasteiger partial charge in [0, 0.05) is 17.1 Å². The van der Waals surface area contributed by atoms with Gasteiger partial charge in [0.1, 0.15) is 6.54 Å². The van der Waals surface area contributed by atoms with Crippen molar-refractivity contribution in [3.05, 3.63) is 28.2 Å². The van der Waals surface area contributed by atoms with Crippen LogP contribution in [0.25, 0.3) is 0 Å². The molecule has 1 aromatic carbocycles. The van der Waals surface area contributed by atoms with Gasteiger partial charge in [-0.3, -0.25) is 19.3 Å². The molecular formula is C15H15BrN2O3. The van der Waals surface area contributed by atoms with Crippen LogP contribution < -0.4 is 4.90 Å². The van der Waals surface area contributed by atoms with E-state index in [2.05, 4.69) is 15.9 Å². The summed E-state index contributed by atoms with van der Waals surface area (Å²) < 4.78 is 0.774. The Hall–Kier alpha value is -1.69. The first kappa shape index (κ1) is 14.3. The van der Waals surface area contributed by atoms with Gasteiger partial charge >= 0.3 is 0 Å². The highest BCUT2D eigenvalue weighted by molar-refractivity contribution is 9.10. The van der Waals surface area contributed by atoms with Crippen LogP contribution in [-0.2, 0) is 9.59 Å². The van der Waals surface area contributed by atoms with Gasteiger partial charge in [0.05, 0.1) is 11.3 Å². The molecule has 1 saturated carbocycles. The molecule has 1 heterocycles. The van der Waals surface area contributed by atoms with Crippen molar-refractivity contribution >= 4 is 39.2 Å². The van der Waals surface area contributed by atoms with E-state index in [4.69, 9.17) is 0 Å². The number of fused-ring (bicyclic) bond motifs is 1. The lowest BCUT2D eigenvalue weighted by Crippen LogP contribution is -2.43. The van der Waals surface area contributed by atoms with Crippen molar-refractivity contribution in [2.45, 2.75) is 25.8 Å². The van der Waals surface area contributed by atoms with E-state index < -0.39 is 11.7 Å². The van der Waals surface area contributed by atoms with E-state index in [1.807, 2.05) is 6.92 Å². The maximum Gasteiger partial charge on any atom is 0.299 e. The Balaban J connectivity index is 1.86. The number of rotatable bonds is 4. The standard InChI is InChI=1S/C15H15BrN2O3/c1-2-17(10-4-5-10)13(19)8-18-12-7-9(16)3-6-11(12)14(20)15(18)21/h3,6-7,10H,2,4-5,8H2,1H3. The molecule has 21 heavy (non-hydrogen) atoms. The molecule has 0 aromatic heterocycles. The smallest absolute Gasteiger partial charge is 0.299 e. The number of Topliss-reactive ketones (excluding diaryl/α,β-unsaturated/α-hetero) is 1. The molecule has 1 fully saturated rings. The number of carbonyl (C=O) groups excluding carboxylic acids is 3. The van der Waals surface area contributed by atoms with Gasteiger partial charge in [-0.25, -0.2) is 0 Å². The minimum atomic E-state index is -0.622. The number of likely N-dealkylation sites (N-methyl/N-ethyl adjacent to an activating group) is 1. The van der Waals surface area contributed by atoms with Crippen LogP contribution in [0.2, 0.25) is 0 Å². The second-order valence-corrected chi connectivity index (χ2v) is 6.21. The van der Waals surface area contributed by atoms with Gasteiger partial charge in [-0.2, -0.15) is 0 Å². The largest absolute Gasteiger partial charge is 0.338 e. The Morgan fingerprint density at radius 1 is 1.38 bits per heavy atom. The summed E-state index contributed by atoms with van der Waals surface area (Å²) in [4.78, 5) is 39.5. The third-order valence-electron chi connectivity index (χ3n) is 3.88. The fourth-order valence-electron chi connectivity index (χ4n) is 2.67. The summed E-state index contributed by atoms with van der Waals surface area (Å²) in [6, 6.07) is 5.34. The highest BCUT2D eigenvalue weighted by atomic mass is 79.9. The number of halogens is 1. The zero-order chi connectivity index (χ0) is 15.1. The third-order valence-corrected chi connectivity index (χ3v) is 4.37. The van der Waals surface area contributed by atoms with E-state index in [1.54, 1.807) is 23.1 Å². The Bertz CT molecular complexity index is 640. The summed E-state index contributed by atoms with van der Waals surface area (Å²) in [5.41, 5.74) is 0.880. The zero-order valence-electron chi connectivity index (χ0n) is 11.6. The number of hydrogen-bond donors (Lipinski definition) is 0. The molecule has 2 amide bonds. The predicted molar refractivity (Wildman–Crippen MR) is 81.2 cm³/mol. The average Bonchev–Trinajstić information content (AvgIpc) is 3.25. The van der Waals surface area contributed by atoms with E-state index in [1.165, 1.54) is 4.90 Å². The van der Waals surface area contributed by atoms with Gasteiger partial charge in [-0.1, -0.05) is 15.9 Å². The van der Waals surface area contributed by atoms with Crippen LogP contribution >= 0.6 is 15.9 Å². The number of hydrogen-bond acceptors (Lipinski definition) is 3. The molecule has 110 valence electrons. The van der Waals surface area contributed by atoms with Crippen LogP contribution in [0.3, 0.4) is 0 Å². The average molecular weight is 351 g/mol. The van der Waals surface area contributed by atoms with Crippen LogP contribution in [0.5, 0.6) is 0 Å². The molecule has 0 spiro atoms. The lowest BCUT2D eigenvalue weighted by Gasteiger charge is -2.24. The number of amides is 2. The second-order valence-electron chi connectivity index (χ2n) is 5.29. The number of carbonyl (C=O) groups is 3. The molecule has 1 aliphatic heterocycles. The first-order chi connectivity index (χ1) is 10.0. The number of anilines is 1. The van der Waals surface area contributed by atoms with Crippen molar-refractivity contribution in [3.8, 4) is 0 Å². The Morgan fingerprint density at radius 2 is 2.10 bits per heavy atom. The second kappa shape index (κ2) is 5.26. The van der Waals surface area contributed by atoms with Crippen molar-refractivity contribution < 1.29 is 14.4 Å². The summed E-state index contributed by atoms with van der Waals surface area (Å²) in [5, 5.41) is 0. The normalized spacial score (nSPS) is 17.1. The van der Waals surface area contributed by atoms with Crippen LogP contribution in [0.15, 0.2) is 22.7 Å². The highest BCUT2D eigenvalue weighted by Crippen LogP contribution is 2.32. The van der Waals surface area contributed by atoms with Crippen LogP contribution in [0, 0.1) is 0 Å². The molecular weight excluding hydrogens is 336 g/mol. The Labute approximate surface area is 131 Å². The van der Waals surface area contributed by atoms with Gasteiger partial charge in [0.25, 0.3) is 11.7 Å². The molecule has 0 bridgehead atoms. The lowest BCUT2D eigenvalue weighted by molar-refractivity contribution is -0.131. The molecule has 0 saturated heterocycles. The molecule has 5 nitrogen and oxygen atoms in total. The lowest BCUT2D eigenvalue weighted by atomic mass is 10.1. The van der Waals surface area contributed by atoms with Gasteiger partial charge in [0.15, 0.2) is 0 Å². The first-order valence-corrected chi connectivity index (χ1v) is 7.77. The van der Waals surface area contributed by atoms with E-state index in [-0.39, 0.29) is 12.5 Å².